The topological polar surface area (TPSA) is 125 Å². The molecule has 45 heavy (non-hydrogen) atoms. The van der Waals surface area contributed by atoms with Crippen molar-refractivity contribution in [1.82, 2.24) is 4.57 Å². The van der Waals surface area contributed by atoms with Crippen LogP contribution in [0.3, 0.4) is 0 Å². The Balaban J connectivity index is 0.000000354. The van der Waals surface area contributed by atoms with Crippen LogP contribution in [0.2, 0.25) is 0 Å². The minimum atomic E-state index is -4.27. The first-order chi connectivity index (χ1) is 21.1. The van der Waals surface area contributed by atoms with Gasteiger partial charge in [-0.15, -0.1) is 11.3 Å². The van der Waals surface area contributed by atoms with E-state index in [-0.39, 0.29) is 10.5 Å². The highest BCUT2D eigenvalue weighted by Gasteiger charge is 2.26. The molecule has 0 radical (unpaired) electrons. The molecule has 4 aromatic rings. The molecule has 1 N–H and O–H groups in total. The second-order valence-electron chi connectivity index (χ2n) is 11.2. The lowest BCUT2D eigenvalue weighted by Crippen LogP contribution is -2.34. The molecule has 5 rings (SSSR count). The van der Waals surface area contributed by atoms with Crippen LogP contribution in [0.15, 0.2) is 81.4 Å². The third-order valence-electron chi connectivity index (χ3n) is 6.58. The molecule has 0 bridgehead atoms. The molecule has 0 aliphatic carbocycles. The summed E-state index contributed by atoms with van der Waals surface area (Å²) in [7, 11) is -0.316. The number of aryl methyl sites for hydroxylation is 2. The van der Waals surface area contributed by atoms with Crippen molar-refractivity contribution >= 4 is 61.8 Å². The number of anilines is 2. The first-order valence-corrected chi connectivity index (χ1v) is 17.1. The van der Waals surface area contributed by atoms with Crippen molar-refractivity contribution in [3.05, 3.63) is 97.7 Å². The quantitative estimate of drug-likeness (QED) is 0.254. The lowest BCUT2D eigenvalue weighted by Gasteiger charge is -2.19. The van der Waals surface area contributed by atoms with Crippen LogP contribution >= 0.6 is 23.1 Å². The molecule has 0 saturated heterocycles. The van der Waals surface area contributed by atoms with E-state index < -0.39 is 21.8 Å². The second-order valence-corrected chi connectivity index (χ2v) is 14.7. The summed E-state index contributed by atoms with van der Waals surface area (Å²) in [4.78, 5) is 28.3. The molecule has 0 unspecified atom stereocenters. The molecule has 0 atom stereocenters. The van der Waals surface area contributed by atoms with Crippen molar-refractivity contribution in [2.24, 2.45) is 7.05 Å². The highest BCUT2D eigenvalue weighted by Crippen LogP contribution is 2.46. The summed E-state index contributed by atoms with van der Waals surface area (Å²) in [5, 5.41) is 3.68. The number of fused-ring (bicyclic) bond motifs is 1. The zero-order chi connectivity index (χ0) is 33.1. The molecule has 238 valence electrons. The van der Waals surface area contributed by atoms with Gasteiger partial charge in [-0.2, -0.15) is 0 Å². The van der Waals surface area contributed by atoms with E-state index >= 15 is 0 Å². The molecule has 10 nitrogen and oxygen atoms in total. The Hall–Kier alpha value is -3.91. The Morgan fingerprint density at radius 2 is 1.80 bits per heavy atom. The van der Waals surface area contributed by atoms with Gasteiger partial charge in [0.15, 0.2) is 6.20 Å². The normalized spacial score (nSPS) is 14.5. The number of ether oxygens (including phenoxy) is 1. The molecule has 0 saturated carbocycles. The standard InChI is InChI=1S/C25H28N4O3S2.C7H8O3S/c1-7-29-20(15-17-10-8-9-13-27(17)5)34-21(22(29)30)23-28(6)18-12-11-16(14-19(18)33-23)26-24(31)32-25(2,3)4;1-6-2-4-7(5-3-6)11(8,9)10/h8-15H,7H2,1-6H3;2-5H,1H3,(H,8,9,10)/b23-21+;. The third-order valence-corrected chi connectivity index (χ3v) is 9.89. The number of nitrogens with zero attached hydrogens (tertiary/aromatic N) is 3. The number of aromatic nitrogens is 2. The first-order valence-electron chi connectivity index (χ1n) is 14.1. The smallest absolute Gasteiger partial charge is 0.412 e. The van der Waals surface area contributed by atoms with Gasteiger partial charge in [0, 0.05) is 42.4 Å². The van der Waals surface area contributed by atoms with E-state index in [0.29, 0.717) is 16.8 Å². The summed E-state index contributed by atoms with van der Waals surface area (Å²) in [6.45, 7) is 9.88. The maximum absolute atomic E-state index is 13.3. The largest absolute Gasteiger partial charge is 0.744 e. The van der Waals surface area contributed by atoms with E-state index in [9.17, 15) is 22.6 Å². The number of pyridine rings is 1. The van der Waals surface area contributed by atoms with E-state index in [4.69, 9.17) is 4.74 Å². The van der Waals surface area contributed by atoms with Gasteiger partial charge >= 0.3 is 6.09 Å². The van der Waals surface area contributed by atoms with Crippen LogP contribution in [0.1, 0.15) is 39.0 Å². The summed E-state index contributed by atoms with van der Waals surface area (Å²) in [5.41, 5.74) is 3.03. The predicted molar refractivity (Wildman–Crippen MR) is 178 cm³/mol. The highest BCUT2D eigenvalue weighted by atomic mass is 32.2. The number of carbonyl (C=O) groups excluding carboxylic acids is 1. The number of carbonyl (C=O) groups is 1. The number of benzene rings is 2. The molecule has 1 amide bonds. The predicted octanol–water partition coefficient (Wildman–Crippen LogP) is 4.14. The summed E-state index contributed by atoms with van der Waals surface area (Å²) in [5.74, 6) is 0. The van der Waals surface area contributed by atoms with Gasteiger partial charge in [-0.1, -0.05) is 29.5 Å². The third kappa shape index (κ3) is 8.42. The molecule has 0 fully saturated rings. The molecule has 2 aromatic carbocycles. The lowest BCUT2D eigenvalue weighted by molar-refractivity contribution is -0.673. The van der Waals surface area contributed by atoms with Gasteiger partial charge in [-0.3, -0.25) is 14.7 Å². The summed E-state index contributed by atoms with van der Waals surface area (Å²) in [6, 6.07) is 17.5. The van der Waals surface area contributed by atoms with E-state index in [1.807, 2.05) is 105 Å². The number of rotatable bonds is 4. The molecule has 3 heterocycles. The van der Waals surface area contributed by atoms with Crippen LogP contribution in [-0.2, 0) is 28.4 Å². The Kier molecular flexibility index (Phi) is 10.3. The lowest BCUT2D eigenvalue weighted by atomic mass is 10.2. The van der Waals surface area contributed by atoms with Crippen molar-refractivity contribution in [2.45, 2.75) is 56.6 Å². The fourth-order valence-electron chi connectivity index (χ4n) is 4.34. The van der Waals surface area contributed by atoms with Crippen molar-refractivity contribution in [1.29, 1.82) is 0 Å². The monoisotopic (exact) mass is 668 g/mol. The zero-order valence-electron chi connectivity index (χ0n) is 26.2. The molecular weight excluding hydrogens is 633 g/mol. The number of amides is 1. The molecule has 2 aromatic heterocycles. The zero-order valence-corrected chi connectivity index (χ0v) is 28.6. The van der Waals surface area contributed by atoms with Crippen LogP contribution < -0.4 is 29.5 Å². The van der Waals surface area contributed by atoms with Gasteiger partial charge in [-0.05, 0) is 71.0 Å². The molecule has 1 aliphatic heterocycles. The second kappa shape index (κ2) is 13.6. The molecule has 13 heteroatoms. The van der Waals surface area contributed by atoms with E-state index in [1.54, 1.807) is 12.1 Å². The molecule has 0 spiro atoms. The number of hydrogen-bond acceptors (Lipinski definition) is 9. The fraction of sp³-hybridized carbons (Fsp3) is 0.281. The van der Waals surface area contributed by atoms with Crippen LogP contribution in [0.25, 0.3) is 11.1 Å². The van der Waals surface area contributed by atoms with Gasteiger partial charge in [-0.25, -0.2) is 17.8 Å². The van der Waals surface area contributed by atoms with Crippen LogP contribution in [-0.4, -0.2) is 36.3 Å². The Labute approximate surface area is 271 Å². The average molecular weight is 669 g/mol. The SMILES string of the molecule is CCn1c(=O)/c(=C2\Sc3cc(NC(=O)OC(C)(C)C)ccc3N2C)s/c1=C\c1cccc[n+]1C.Cc1ccc(S(=O)(=O)[O-])cc1. The van der Waals surface area contributed by atoms with Gasteiger partial charge in [0.2, 0.25) is 5.69 Å². The summed E-state index contributed by atoms with van der Waals surface area (Å²) < 4.78 is 42.0. The van der Waals surface area contributed by atoms with E-state index in [1.165, 1.54) is 35.2 Å². The molecule has 1 aliphatic rings. The number of hydrogen-bond donors (Lipinski definition) is 1. The Bertz CT molecular complexity index is 2010. The maximum Gasteiger partial charge on any atom is 0.412 e. The van der Waals surface area contributed by atoms with Crippen molar-refractivity contribution < 1.29 is 27.1 Å². The van der Waals surface area contributed by atoms with Gasteiger partial charge in [0.1, 0.15) is 37.0 Å². The maximum atomic E-state index is 13.3. The van der Waals surface area contributed by atoms with Gasteiger partial charge < -0.3 is 14.2 Å². The van der Waals surface area contributed by atoms with Crippen molar-refractivity contribution in [2.75, 3.05) is 17.3 Å². The fourth-order valence-corrected chi connectivity index (χ4v) is 7.31. The minimum absolute atomic E-state index is 0.00611. The average Bonchev–Trinajstić information content (AvgIpc) is 3.43. The van der Waals surface area contributed by atoms with Crippen molar-refractivity contribution in [3.63, 3.8) is 0 Å². The van der Waals surface area contributed by atoms with Crippen LogP contribution in [0, 0.1) is 6.92 Å². The number of nitrogens with one attached hydrogen (secondary N) is 1. The van der Waals surface area contributed by atoms with Crippen molar-refractivity contribution in [3.8, 4) is 0 Å². The number of thioether (sulfide) groups is 1. The number of thiazole rings is 1. The molecular formula is C32H36N4O6S3. The summed E-state index contributed by atoms with van der Waals surface area (Å²) >= 11 is 3.04. The highest BCUT2D eigenvalue weighted by molar-refractivity contribution is 8.08. The summed E-state index contributed by atoms with van der Waals surface area (Å²) in [6.07, 6.45) is 3.55. The van der Waals surface area contributed by atoms with Crippen LogP contribution in [0.4, 0.5) is 16.2 Å². The van der Waals surface area contributed by atoms with E-state index in [2.05, 4.69) is 11.4 Å². The van der Waals surface area contributed by atoms with Gasteiger partial charge in [0.25, 0.3) is 5.56 Å². The Morgan fingerprint density at radius 1 is 1.11 bits per heavy atom. The Morgan fingerprint density at radius 3 is 2.40 bits per heavy atom. The minimum Gasteiger partial charge on any atom is -0.744 e. The van der Waals surface area contributed by atoms with E-state index in [0.717, 1.165) is 31.5 Å². The first kappa shape index (κ1) is 34.0. The van der Waals surface area contributed by atoms with Crippen LogP contribution in [0.5, 0.6) is 0 Å². The van der Waals surface area contributed by atoms with Gasteiger partial charge in [0.05, 0.1) is 10.6 Å².